The largest absolute Gasteiger partial charge is 0.496 e. The molecule has 0 saturated carbocycles. The third kappa shape index (κ3) is 3.93. The van der Waals surface area contributed by atoms with E-state index in [9.17, 15) is 4.79 Å². The van der Waals surface area contributed by atoms with E-state index < -0.39 is 13.8 Å². The number of rotatable bonds is 6. The number of fused-ring (bicyclic) bond motifs is 1. The van der Waals surface area contributed by atoms with E-state index in [1.165, 1.54) is 5.57 Å². The van der Waals surface area contributed by atoms with Gasteiger partial charge in [0.25, 0.3) is 0 Å². The van der Waals surface area contributed by atoms with Crippen LogP contribution in [0.1, 0.15) is 12.0 Å². The van der Waals surface area contributed by atoms with E-state index in [0.29, 0.717) is 18.8 Å². The second kappa shape index (κ2) is 8.20. The first-order valence-electron chi connectivity index (χ1n) is 10.8. The molecule has 0 bridgehead atoms. The number of hydrogen-bond donors (Lipinski definition) is 0. The Bertz CT molecular complexity index is 1260. The molecule has 9 heteroatoms. The minimum Gasteiger partial charge on any atom is -0.496 e. The number of oxazole rings is 1. The molecule has 3 aliphatic heterocycles. The summed E-state index contributed by atoms with van der Waals surface area (Å²) in [7, 11) is -1.19. The monoisotopic (exact) mass is 515 g/mol. The van der Waals surface area contributed by atoms with E-state index in [1.54, 1.807) is 10.8 Å². The van der Waals surface area contributed by atoms with E-state index in [1.807, 2.05) is 24.4 Å². The highest BCUT2D eigenvalue weighted by atomic mass is 79.9. The number of allylic oxidation sites excluding steroid dienone is 1. The van der Waals surface area contributed by atoms with E-state index in [-0.39, 0.29) is 6.73 Å². The van der Waals surface area contributed by atoms with Crippen molar-refractivity contribution in [3.8, 4) is 0 Å². The van der Waals surface area contributed by atoms with Gasteiger partial charge in [-0.15, -0.1) is 0 Å². The molecular weight excluding hydrogens is 490 g/mol. The minimum atomic E-state index is -1.19. The van der Waals surface area contributed by atoms with Gasteiger partial charge < -0.3 is 18.8 Å². The maximum absolute atomic E-state index is 12.4. The van der Waals surface area contributed by atoms with Crippen LogP contribution in [0.5, 0.6) is 0 Å². The van der Waals surface area contributed by atoms with Crippen LogP contribution in [0.4, 0.5) is 0 Å². The Hall–Kier alpha value is -2.36. The van der Waals surface area contributed by atoms with Crippen LogP contribution in [-0.4, -0.2) is 43.1 Å². The number of halogens is 1. The molecule has 2 aromatic rings. The molecule has 0 unspecified atom stereocenters. The van der Waals surface area contributed by atoms with Crippen molar-refractivity contribution in [3.63, 3.8) is 0 Å². The maximum Gasteiger partial charge on any atom is 0.421 e. The summed E-state index contributed by atoms with van der Waals surface area (Å²) in [4.78, 5) is 19.5. The lowest BCUT2D eigenvalue weighted by Crippen LogP contribution is -2.31. The van der Waals surface area contributed by atoms with E-state index >= 15 is 0 Å². The highest BCUT2D eigenvalue weighted by molar-refractivity contribution is 9.12. The Kier molecular flexibility index (Phi) is 5.51. The summed E-state index contributed by atoms with van der Waals surface area (Å²) in [5.74, 6) is 0.460. The molecule has 168 valence electrons. The summed E-state index contributed by atoms with van der Waals surface area (Å²) in [5, 5.41) is 0. The van der Waals surface area contributed by atoms with Crippen molar-refractivity contribution >= 4 is 40.9 Å². The standard InChI is InChI=1S/C23H26BrN3O4Si/c1-32(2,3)9-8-29-14-27-19-10-15(4-5-20(19)31-23(27)28)22-25-11-17-18(24)13-30-12-16-6-7-26(22)21(16)17/h4-5,10-11,13H,6-9,12,14H2,1-3H3. The van der Waals surface area contributed by atoms with Crippen molar-refractivity contribution in [1.29, 1.82) is 0 Å². The van der Waals surface area contributed by atoms with Gasteiger partial charge in [0.2, 0.25) is 0 Å². The fraction of sp³-hybridized carbons (Fsp3) is 0.391. The number of aliphatic imine (C=N–C) groups is 1. The Morgan fingerprint density at radius 2 is 2.12 bits per heavy atom. The lowest BCUT2D eigenvalue weighted by molar-refractivity contribution is 0.0850. The van der Waals surface area contributed by atoms with Crippen molar-refractivity contribution in [2.24, 2.45) is 4.99 Å². The van der Waals surface area contributed by atoms with Gasteiger partial charge in [-0.25, -0.2) is 14.4 Å². The Morgan fingerprint density at radius 1 is 1.28 bits per heavy atom. The van der Waals surface area contributed by atoms with Crippen LogP contribution in [0.25, 0.3) is 11.1 Å². The normalized spacial score (nSPS) is 18.2. The molecular formula is C23H26BrN3O4Si. The predicted octanol–water partition coefficient (Wildman–Crippen LogP) is 4.78. The van der Waals surface area contributed by atoms with Crippen molar-refractivity contribution in [1.82, 2.24) is 9.47 Å². The fourth-order valence-electron chi connectivity index (χ4n) is 4.15. The first-order valence-corrected chi connectivity index (χ1v) is 15.3. The molecule has 0 atom stereocenters. The molecule has 7 nitrogen and oxygen atoms in total. The summed E-state index contributed by atoms with van der Waals surface area (Å²) in [6.45, 7) is 9.18. The zero-order valence-electron chi connectivity index (χ0n) is 18.5. The molecule has 0 radical (unpaired) electrons. The zero-order chi connectivity index (χ0) is 22.5. The van der Waals surface area contributed by atoms with Gasteiger partial charge in [-0.3, -0.25) is 0 Å². The van der Waals surface area contributed by atoms with Crippen LogP contribution >= 0.6 is 15.9 Å². The van der Waals surface area contributed by atoms with Gasteiger partial charge in [0.15, 0.2) is 5.58 Å². The quantitative estimate of drug-likeness (QED) is 0.409. The summed E-state index contributed by atoms with van der Waals surface area (Å²) in [5.41, 5.74) is 5.67. The molecule has 4 heterocycles. The van der Waals surface area contributed by atoms with E-state index in [0.717, 1.165) is 51.7 Å². The molecule has 1 aromatic heterocycles. The molecule has 0 fully saturated rings. The zero-order valence-corrected chi connectivity index (χ0v) is 21.1. The fourth-order valence-corrected chi connectivity index (χ4v) is 5.33. The molecule has 3 aliphatic rings. The van der Waals surface area contributed by atoms with E-state index in [2.05, 4.69) is 40.5 Å². The second-order valence-electron chi connectivity index (χ2n) is 9.45. The van der Waals surface area contributed by atoms with Crippen LogP contribution in [0.3, 0.4) is 0 Å². The third-order valence-corrected chi connectivity index (χ3v) is 8.23. The SMILES string of the molecule is C[Si](C)(C)CCOCn1c(=O)oc2ccc(C3=NC=C4C(Br)=COCC5=C4N3CC5)cc21. The molecule has 0 N–H and O–H groups in total. The maximum atomic E-state index is 12.4. The first-order chi connectivity index (χ1) is 15.3. The summed E-state index contributed by atoms with van der Waals surface area (Å²) in [6.07, 6.45) is 4.55. The van der Waals surface area contributed by atoms with Gasteiger partial charge in [-0.2, -0.15) is 0 Å². The summed E-state index contributed by atoms with van der Waals surface area (Å²) in [6, 6.07) is 6.81. The van der Waals surface area contributed by atoms with Crippen LogP contribution in [0.15, 0.2) is 66.2 Å². The van der Waals surface area contributed by atoms with Gasteiger partial charge in [-0.1, -0.05) is 19.6 Å². The smallest absolute Gasteiger partial charge is 0.421 e. The van der Waals surface area contributed by atoms with Gasteiger partial charge in [0.1, 0.15) is 19.2 Å². The number of benzene rings is 1. The highest BCUT2D eigenvalue weighted by Crippen LogP contribution is 2.40. The molecule has 1 aromatic carbocycles. The Morgan fingerprint density at radius 3 is 2.94 bits per heavy atom. The summed E-state index contributed by atoms with van der Waals surface area (Å²) < 4.78 is 19.4. The number of amidine groups is 1. The molecule has 0 amide bonds. The number of ether oxygens (including phenoxy) is 2. The average molecular weight is 516 g/mol. The lowest BCUT2D eigenvalue weighted by Gasteiger charge is -2.28. The third-order valence-electron chi connectivity index (χ3n) is 5.91. The van der Waals surface area contributed by atoms with Gasteiger partial charge in [-0.05, 0) is 52.2 Å². The molecule has 0 aliphatic carbocycles. The van der Waals surface area contributed by atoms with Crippen molar-refractivity contribution in [3.05, 3.63) is 68.1 Å². The predicted molar refractivity (Wildman–Crippen MR) is 131 cm³/mol. The minimum absolute atomic E-state index is 0.185. The van der Waals surface area contributed by atoms with Crippen molar-refractivity contribution < 1.29 is 13.9 Å². The van der Waals surface area contributed by atoms with Gasteiger partial charge in [0, 0.05) is 38.6 Å². The molecule has 0 saturated heterocycles. The molecule has 5 rings (SSSR count). The number of aromatic nitrogens is 1. The number of nitrogens with zero attached hydrogens (tertiary/aromatic N) is 3. The Labute approximate surface area is 195 Å². The number of hydrogen-bond acceptors (Lipinski definition) is 6. The van der Waals surface area contributed by atoms with Crippen molar-refractivity contribution in [2.45, 2.75) is 38.8 Å². The molecule has 32 heavy (non-hydrogen) atoms. The van der Waals surface area contributed by atoms with Gasteiger partial charge in [0.05, 0.1) is 22.0 Å². The lowest BCUT2D eigenvalue weighted by atomic mass is 10.1. The van der Waals surface area contributed by atoms with Crippen molar-refractivity contribution in [2.75, 3.05) is 19.8 Å². The topological polar surface area (TPSA) is 69.2 Å². The van der Waals surface area contributed by atoms with Crippen LogP contribution in [0, 0.1) is 0 Å². The average Bonchev–Trinajstić information content (AvgIpc) is 3.25. The van der Waals surface area contributed by atoms with E-state index in [4.69, 9.17) is 18.9 Å². The highest BCUT2D eigenvalue weighted by Gasteiger charge is 2.34. The van der Waals surface area contributed by atoms with Crippen LogP contribution in [-0.2, 0) is 16.2 Å². The Balaban J connectivity index is 1.47. The second-order valence-corrected chi connectivity index (χ2v) is 15.9. The molecule has 0 spiro atoms. The van der Waals surface area contributed by atoms with Crippen LogP contribution < -0.4 is 5.76 Å². The summed E-state index contributed by atoms with van der Waals surface area (Å²) >= 11 is 3.60. The van der Waals surface area contributed by atoms with Crippen LogP contribution in [0.2, 0.25) is 25.7 Å². The van der Waals surface area contributed by atoms with Gasteiger partial charge >= 0.3 is 5.76 Å². The first kappa shape index (κ1) is 21.5.